The van der Waals surface area contributed by atoms with Crippen molar-refractivity contribution in [2.75, 3.05) is 0 Å². The van der Waals surface area contributed by atoms with Gasteiger partial charge in [0.2, 0.25) is 0 Å². The third kappa shape index (κ3) is 1.98. The quantitative estimate of drug-likeness (QED) is 0.742. The molecule has 84 valence electrons. The van der Waals surface area contributed by atoms with Gasteiger partial charge in [0.05, 0.1) is 6.33 Å². The molecule has 1 aliphatic carbocycles. The first-order valence-corrected chi connectivity index (χ1v) is 5.48. The smallest absolute Gasteiger partial charge is 0.0948 e. The summed E-state index contributed by atoms with van der Waals surface area (Å²) in [6, 6.07) is 9.37. The molecule has 2 nitrogen and oxygen atoms in total. The van der Waals surface area contributed by atoms with Gasteiger partial charge in [0.1, 0.15) is 0 Å². The van der Waals surface area contributed by atoms with Crippen LogP contribution in [0, 0.1) is 0 Å². The van der Waals surface area contributed by atoms with Crippen molar-refractivity contribution in [1.82, 2.24) is 9.55 Å². The molecule has 0 aliphatic heterocycles. The molecule has 3 heteroatoms. The molecule has 0 spiro atoms. The molecule has 1 heterocycles. The van der Waals surface area contributed by atoms with E-state index in [-0.39, 0.29) is 12.4 Å². The zero-order valence-corrected chi connectivity index (χ0v) is 9.86. The predicted octanol–water partition coefficient (Wildman–Crippen LogP) is 3.03. The van der Waals surface area contributed by atoms with E-state index in [9.17, 15) is 0 Å². The van der Waals surface area contributed by atoms with Gasteiger partial charge in [-0.15, -0.1) is 12.4 Å². The number of fused-ring (bicyclic) bond motifs is 1. The number of imidazole rings is 1. The van der Waals surface area contributed by atoms with Crippen molar-refractivity contribution in [3.8, 4) is 0 Å². The summed E-state index contributed by atoms with van der Waals surface area (Å²) in [6.07, 6.45) is 9.43. The lowest BCUT2D eigenvalue weighted by Crippen LogP contribution is -2.17. The molecular formula is C13H15ClN2. The average Bonchev–Trinajstić information content (AvgIpc) is 2.82. The third-order valence-electron chi connectivity index (χ3n) is 3.27. The van der Waals surface area contributed by atoms with Crippen molar-refractivity contribution in [3.63, 3.8) is 0 Å². The maximum absolute atomic E-state index is 4.12. The Balaban J connectivity index is 0.000000963. The molecule has 0 radical (unpaired) electrons. The molecule has 1 aromatic carbocycles. The van der Waals surface area contributed by atoms with Crippen LogP contribution in [0.15, 0.2) is 43.0 Å². The summed E-state index contributed by atoms with van der Waals surface area (Å²) in [5.41, 5.74) is 3.02. The zero-order chi connectivity index (χ0) is 10.1. The minimum Gasteiger partial charge on any atom is -0.334 e. The van der Waals surface area contributed by atoms with Gasteiger partial charge in [0.15, 0.2) is 0 Å². The first kappa shape index (κ1) is 11.2. The van der Waals surface area contributed by atoms with E-state index in [4.69, 9.17) is 0 Å². The van der Waals surface area contributed by atoms with E-state index in [1.165, 1.54) is 24.0 Å². The van der Waals surface area contributed by atoms with Gasteiger partial charge in [-0.3, -0.25) is 0 Å². The zero-order valence-electron chi connectivity index (χ0n) is 9.04. The van der Waals surface area contributed by atoms with Crippen molar-refractivity contribution in [3.05, 3.63) is 54.1 Å². The van der Waals surface area contributed by atoms with Gasteiger partial charge in [-0.25, -0.2) is 4.98 Å². The lowest BCUT2D eigenvalue weighted by molar-refractivity contribution is 0.442. The van der Waals surface area contributed by atoms with Crippen LogP contribution in [-0.2, 0) is 12.8 Å². The summed E-state index contributed by atoms with van der Waals surface area (Å²) in [4.78, 5) is 4.12. The van der Waals surface area contributed by atoms with E-state index < -0.39 is 0 Å². The Morgan fingerprint density at radius 1 is 1.19 bits per heavy atom. The number of rotatable bonds is 1. The predicted molar refractivity (Wildman–Crippen MR) is 67.0 cm³/mol. The molecule has 0 fully saturated rings. The second-order valence-electron chi connectivity index (χ2n) is 4.18. The molecule has 0 saturated heterocycles. The number of halogens is 1. The highest BCUT2D eigenvalue weighted by Gasteiger charge is 2.18. The van der Waals surface area contributed by atoms with Gasteiger partial charge in [-0.05, 0) is 30.4 Å². The summed E-state index contributed by atoms with van der Waals surface area (Å²) >= 11 is 0. The highest BCUT2D eigenvalue weighted by Crippen LogP contribution is 2.28. The van der Waals surface area contributed by atoms with Crippen LogP contribution < -0.4 is 0 Å². The van der Waals surface area contributed by atoms with Crippen LogP contribution in [0.2, 0.25) is 0 Å². The van der Waals surface area contributed by atoms with E-state index in [1.54, 1.807) is 0 Å². The minimum atomic E-state index is 0. The standard InChI is InChI=1S/C13H14N2.ClH/c1-2-4-12-9-13(6-5-11(12)3-1)15-8-7-14-10-15;/h1-4,7-8,10,13H,5-6,9H2;1H. The topological polar surface area (TPSA) is 17.8 Å². The van der Waals surface area contributed by atoms with Gasteiger partial charge in [-0.1, -0.05) is 24.3 Å². The molecule has 1 unspecified atom stereocenters. The fourth-order valence-electron chi connectivity index (χ4n) is 2.42. The Labute approximate surface area is 102 Å². The molecule has 0 saturated carbocycles. The van der Waals surface area contributed by atoms with Gasteiger partial charge in [-0.2, -0.15) is 0 Å². The Bertz CT molecular complexity index is 451. The molecule has 0 bridgehead atoms. The molecule has 2 aromatic rings. The van der Waals surface area contributed by atoms with E-state index in [0.717, 1.165) is 6.42 Å². The van der Waals surface area contributed by atoms with Crippen molar-refractivity contribution in [1.29, 1.82) is 0 Å². The van der Waals surface area contributed by atoms with Gasteiger partial charge in [0.25, 0.3) is 0 Å². The van der Waals surface area contributed by atoms with Crippen LogP contribution in [0.1, 0.15) is 23.6 Å². The summed E-state index contributed by atoms with van der Waals surface area (Å²) < 4.78 is 2.23. The van der Waals surface area contributed by atoms with Gasteiger partial charge >= 0.3 is 0 Å². The van der Waals surface area contributed by atoms with Crippen LogP contribution >= 0.6 is 12.4 Å². The molecule has 0 amide bonds. The van der Waals surface area contributed by atoms with E-state index >= 15 is 0 Å². The number of aryl methyl sites for hydroxylation is 1. The molecule has 0 N–H and O–H groups in total. The monoisotopic (exact) mass is 234 g/mol. The minimum absolute atomic E-state index is 0. The fraction of sp³-hybridized carbons (Fsp3) is 0.308. The number of hydrogen-bond donors (Lipinski definition) is 0. The van der Waals surface area contributed by atoms with E-state index in [1.807, 2.05) is 12.5 Å². The summed E-state index contributed by atoms with van der Waals surface area (Å²) in [6.45, 7) is 0. The maximum atomic E-state index is 4.12. The van der Waals surface area contributed by atoms with Crippen LogP contribution in [0.4, 0.5) is 0 Å². The van der Waals surface area contributed by atoms with Crippen LogP contribution in [-0.4, -0.2) is 9.55 Å². The SMILES string of the molecule is Cl.c1ccc2c(c1)CCC(n1ccnc1)C2. The second kappa shape index (κ2) is 4.71. The van der Waals surface area contributed by atoms with E-state index in [2.05, 4.69) is 40.0 Å². The van der Waals surface area contributed by atoms with Crippen molar-refractivity contribution in [2.24, 2.45) is 0 Å². The maximum Gasteiger partial charge on any atom is 0.0948 e. The Morgan fingerprint density at radius 3 is 2.75 bits per heavy atom. The molecular weight excluding hydrogens is 220 g/mol. The summed E-state index contributed by atoms with van der Waals surface area (Å²) in [7, 11) is 0. The number of benzene rings is 1. The van der Waals surface area contributed by atoms with Crippen LogP contribution in [0.3, 0.4) is 0 Å². The highest BCUT2D eigenvalue weighted by atomic mass is 35.5. The van der Waals surface area contributed by atoms with Crippen molar-refractivity contribution < 1.29 is 0 Å². The van der Waals surface area contributed by atoms with Crippen molar-refractivity contribution >= 4 is 12.4 Å². The molecule has 16 heavy (non-hydrogen) atoms. The summed E-state index contributed by atoms with van der Waals surface area (Å²) in [5, 5.41) is 0. The number of hydrogen-bond acceptors (Lipinski definition) is 1. The normalized spacial score (nSPS) is 18.6. The van der Waals surface area contributed by atoms with Gasteiger partial charge in [0, 0.05) is 18.4 Å². The lowest BCUT2D eigenvalue weighted by Gasteiger charge is -2.25. The average molecular weight is 235 g/mol. The first-order valence-electron chi connectivity index (χ1n) is 5.48. The van der Waals surface area contributed by atoms with Crippen LogP contribution in [0.5, 0.6) is 0 Å². The van der Waals surface area contributed by atoms with Crippen molar-refractivity contribution in [2.45, 2.75) is 25.3 Å². The Morgan fingerprint density at radius 2 is 2.00 bits per heavy atom. The molecule has 1 atom stereocenters. The number of nitrogens with zero attached hydrogens (tertiary/aromatic N) is 2. The Kier molecular flexibility index (Phi) is 3.30. The second-order valence-corrected chi connectivity index (χ2v) is 4.18. The number of aromatic nitrogens is 2. The van der Waals surface area contributed by atoms with E-state index in [0.29, 0.717) is 6.04 Å². The highest BCUT2D eigenvalue weighted by molar-refractivity contribution is 5.85. The molecule has 1 aromatic heterocycles. The molecule has 3 rings (SSSR count). The third-order valence-corrected chi connectivity index (χ3v) is 3.27. The van der Waals surface area contributed by atoms with Gasteiger partial charge < -0.3 is 4.57 Å². The molecule has 1 aliphatic rings. The first-order chi connectivity index (χ1) is 7.43. The largest absolute Gasteiger partial charge is 0.334 e. The fourth-order valence-corrected chi connectivity index (χ4v) is 2.42. The lowest BCUT2D eigenvalue weighted by atomic mass is 9.88. The Hall–Kier alpha value is -1.28. The van der Waals surface area contributed by atoms with Crippen LogP contribution in [0.25, 0.3) is 0 Å². The summed E-state index contributed by atoms with van der Waals surface area (Å²) in [5.74, 6) is 0.